The second-order valence-electron chi connectivity index (χ2n) is 6.59. The lowest BCUT2D eigenvalue weighted by Crippen LogP contribution is -2.41. The van der Waals surface area contributed by atoms with E-state index in [-0.39, 0.29) is 11.4 Å². The predicted octanol–water partition coefficient (Wildman–Crippen LogP) is 3.01. The van der Waals surface area contributed by atoms with Crippen molar-refractivity contribution in [2.75, 3.05) is 6.54 Å². The van der Waals surface area contributed by atoms with Gasteiger partial charge >= 0.3 is 0 Å². The molecular weight excluding hydrogens is 248 g/mol. The van der Waals surface area contributed by atoms with Crippen molar-refractivity contribution >= 4 is 5.91 Å². The van der Waals surface area contributed by atoms with E-state index in [9.17, 15) is 4.79 Å². The van der Waals surface area contributed by atoms with Crippen LogP contribution in [0.4, 0.5) is 0 Å². The van der Waals surface area contributed by atoms with Crippen LogP contribution in [0, 0.1) is 20.8 Å². The van der Waals surface area contributed by atoms with Gasteiger partial charge in [0, 0.05) is 25.0 Å². The molecule has 0 radical (unpaired) electrons. The number of carbonyl (C=O) groups excluding carboxylic acids is 1. The van der Waals surface area contributed by atoms with Gasteiger partial charge in [-0.2, -0.15) is 0 Å². The molecule has 112 valence electrons. The molecule has 20 heavy (non-hydrogen) atoms. The molecule has 1 aromatic carbocycles. The fourth-order valence-corrected chi connectivity index (χ4v) is 2.12. The molecule has 0 unspecified atom stereocenters. The summed E-state index contributed by atoms with van der Waals surface area (Å²) < 4.78 is 0. The number of rotatable bonds is 5. The Hall–Kier alpha value is -1.35. The van der Waals surface area contributed by atoms with Crippen molar-refractivity contribution in [3.8, 4) is 0 Å². The number of hydrogen-bond acceptors (Lipinski definition) is 2. The Bertz CT molecular complexity index is 473. The summed E-state index contributed by atoms with van der Waals surface area (Å²) in [5.74, 6) is 0.0989. The molecule has 0 aliphatic heterocycles. The lowest BCUT2D eigenvalue weighted by atomic mass is 10.0. The molecule has 0 aliphatic carbocycles. The highest BCUT2D eigenvalue weighted by Gasteiger charge is 2.12. The second kappa shape index (κ2) is 6.89. The van der Waals surface area contributed by atoms with Gasteiger partial charge in [-0.25, -0.2) is 0 Å². The fourth-order valence-electron chi connectivity index (χ4n) is 2.12. The van der Waals surface area contributed by atoms with Crippen LogP contribution in [0.2, 0.25) is 0 Å². The molecule has 0 atom stereocenters. The normalized spacial score (nSPS) is 11.5. The highest BCUT2D eigenvalue weighted by atomic mass is 16.1. The molecule has 0 saturated heterocycles. The Kier molecular flexibility index (Phi) is 5.75. The number of aryl methyl sites for hydroxylation is 3. The van der Waals surface area contributed by atoms with E-state index in [0.717, 1.165) is 6.54 Å². The van der Waals surface area contributed by atoms with Crippen molar-refractivity contribution in [1.29, 1.82) is 0 Å². The molecule has 2 N–H and O–H groups in total. The zero-order chi connectivity index (χ0) is 15.3. The molecule has 0 aliphatic rings. The molecule has 0 heterocycles. The van der Waals surface area contributed by atoms with Crippen molar-refractivity contribution in [3.05, 3.63) is 34.4 Å². The van der Waals surface area contributed by atoms with Gasteiger partial charge in [-0.05, 0) is 63.8 Å². The van der Waals surface area contributed by atoms with Gasteiger partial charge in [0.15, 0.2) is 0 Å². The summed E-state index contributed by atoms with van der Waals surface area (Å²) in [5, 5.41) is 6.31. The van der Waals surface area contributed by atoms with Crippen LogP contribution in [-0.4, -0.2) is 18.0 Å². The number of benzene rings is 1. The molecule has 3 nitrogen and oxygen atoms in total. The van der Waals surface area contributed by atoms with Gasteiger partial charge in [-0.15, -0.1) is 0 Å². The van der Waals surface area contributed by atoms with Gasteiger partial charge in [0.25, 0.3) is 0 Å². The topological polar surface area (TPSA) is 41.1 Å². The lowest BCUT2D eigenvalue weighted by molar-refractivity contribution is -0.122. The molecule has 1 aromatic rings. The summed E-state index contributed by atoms with van der Waals surface area (Å²) in [5.41, 5.74) is 5.11. The van der Waals surface area contributed by atoms with Gasteiger partial charge in [0.2, 0.25) is 5.91 Å². The predicted molar refractivity (Wildman–Crippen MR) is 84.9 cm³/mol. The van der Waals surface area contributed by atoms with Crippen LogP contribution in [-0.2, 0) is 11.3 Å². The summed E-state index contributed by atoms with van der Waals surface area (Å²) in [6.07, 6.45) is 0.515. The fraction of sp³-hybridized carbons (Fsp3) is 0.588. The van der Waals surface area contributed by atoms with Crippen LogP contribution >= 0.6 is 0 Å². The molecule has 0 spiro atoms. The van der Waals surface area contributed by atoms with Crippen molar-refractivity contribution in [2.24, 2.45) is 0 Å². The van der Waals surface area contributed by atoms with Gasteiger partial charge in [-0.3, -0.25) is 4.79 Å². The van der Waals surface area contributed by atoms with Crippen molar-refractivity contribution in [2.45, 2.75) is 60.0 Å². The van der Waals surface area contributed by atoms with E-state index in [1.54, 1.807) is 0 Å². The number of carbonyl (C=O) groups is 1. The minimum atomic E-state index is -0.151. The Morgan fingerprint density at radius 3 is 2.25 bits per heavy atom. The summed E-state index contributed by atoms with van der Waals surface area (Å²) in [6.45, 7) is 13.9. The van der Waals surface area contributed by atoms with Crippen molar-refractivity contribution in [1.82, 2.24) is 10.6 Å². The van der Waals surface area contributed by atoms with Crippen LogP contribution in [0.3, 0.4) is 0 Å². The smallest absolute Gasteiger partial charge is 0.221 e. The van der Waals surface area contributed by atoms with E-state index in [1.165, 1.54) is 22.3 Å². The molecule has 3 heteroatoms. The van der Waals surface area contributed by atoms with E-state index >= 15 is 0 Å². The monoisotopic (exact) mass is 276 g/mol. The Morgan fingerprint density at radius 2 is 1.65 bits per heavy atom. The van der Waals surface area contributed by atoms with Gasteiger partial charge in [0.1, 0.15) is 0 Å². The molecular formula is C17H28N2O. The van der Waals surface area contributed by atoms with Gasteiger partial charge in [-0.1, -0.05) is 12.1 Å². The maximum absolute atomic E-state index is 11.7. The maximum Gasteiger partial charge on any atom is 0.221 e. The van der Waals surface area contributed by atoms with Crippen LogP contribution in [0.1, 0.15) is 49.4 Å². The second-order valence-corrected chi connectivity index (χ2v) is 6.59. The van der Waals surface area contributed by atoms with E-state index < -0.39 is 0 Å². The molecule has 1 amide bonds. The molecule has 1 rings (SSSR count). The number of amides is 1. The first-order valence-electron chi connectivity index (χ1n) is 7.27. The lowest BCUT2D eigenvalue weighted by Gasteiger charge is -2.20. The van der Waals surface area contributed by atoms with Crippen LogP contribution in [0.25, 0.3) is 0 Å². The quantitative estimate of drug-likeness (QED) is 0.812. The van der Waals surface area contributed by atoms with E-state index in [2.05, 4.69) is 43.5 Å². The Labute approximate surface area is 123 Å². The molecule has 0 aromatic heterocycles. The van der Waals surface area contributed by atoms with Crippen LogP contribution < -0.4 is 10.6 Å². The number of nitrogens with one attached hydrogen (secondary N) is 2. The molecule has 0 saturated carbocycles. The zero-order valence-corrected chi connectivity index (χ0v) is 13.7. The SMILES string of the molecule is Cc1cc(C)c(CNCCC(=O)NC(C)(C)C)cc1C. The standard InChI is InChI=1S/C17H28N2O/c1-12-9-14(3)15(10-13(12)2)11-18-8-7-16(20)19-17(4,5)6/h9-10,18H,7-8,11H2,1-6H3,(H,19,20). The van der Waals surface area contributed by atoms with Crippen molar-refractivity contribution < 1.29 is 4.79 Å². The highest BCUT2D eigenvalue weighted by Crippen LogP contribution is 2.15. The number of hydrogen-bond donors (Lipinski definition) is 2. The minimum Gasteiger partial charge on any atom is -0.351 e. The maximum atomic E-state index is 11.7. The summed E-state index contributed by atoms with van der Waals surface area (Å²) in [6, 6.07) is 4.45. The average molecular weight is 276 g/mol. The van der Waals surface area contributed by atoms with E-state index in [0.29, 0.717) is 13.0 Å². The largest absolute Gasteiger partial charge is 0.351 e. The van der Waals surface area contributed by atoms with Crippen molar-refractivity contribution in [3.63, 3.8) is 0 Å². The first-order chi connectivity index (χ1) is 9.19. The van der Waals surface area contributed by atoms with Crippen LogP contribution in [0.5, 0.6) is 0 Å². The first-order valence-corrected chi connectivity index (χ1v) is 7.27. The third-order valence-corrected chi connectivity index (χ3v) is 3.31. The third kappa shape index (κ3) is 5.74. The molecule has 0 bridgehead atoms. The minimum absolute atomic E-state index is 0.0989. The van der Waals surface area contributed by atoms with Gasteiger partial charge < -0.3 is 10.6 Å². The Balaban J connectivity index is 2.38. The van der Waals surface area contributed by atoms with E-state index in [4.69, 9.17) is 0 Å². The summed E-state index contributed by atoms with van der Waals surface area (Å²) in [7, 11) is 0. The van der Waals surface area contributed by atoms with Gasteiger partial charge in [0.05, 0.1) is 0 Å². The third-order valence-electron chi connectivity index (χ3n) is 3.31. The van der Waals surface area contributed by atoms with Crippen LogP contribution in [0.15, 0.2) is 12.1 Å². The first kappa shape index (κ1) is 16.7. The zero-order valence-electron chi connectivity index (χ0n) is 13.7. The highest BCUT2D eigenvalue weighted by molar-refractivity contribution is 5.76. The molecule has 0 fully saturated rings. The summed E-state index contributed by atoms with van der Waals surface area (Å²) in [4.78, 5) is 11.7. The van der Waals surface area contributed by atoms with E-state index in [1.807, 2.05) is 20.8 Å². The summed E-state index contributed by atoms with van der Waals surface area (Å²) >= 11 is 0. The Morgan fingerprint density at radius 1 is 1.05 bits per heavy atom. The average Bonchev–Trinajstić information content (AvgIpc) is 2.28.